The minimum Gasteiger partial charge on any atom is -0.284 e. The van der Waals surface area contributed by atoms with E-state index < -0.39 is 0 Å². The Morgan fingerprint density at radius 1 is 1.50 bits per heavy atom. The molecule has 1 aromatic carbocycles. The number of hydrogen-bond donors (Lipinski definition) is 0. The molecule has 0 bridgehead atoms. The van der Waals surface area contributed by atoms with Crippen LogP contribution in [0.1, 0.15) is 17.0 Å². The van der Waals surface area contributed by atoms with Gasteiger partial charge in [-0.3, -0.25) is 4.57 Å². The summed E-state index contributed by atoms with van der Waals surface area (Å²) < 4.78 is 1.79. The topological polar surface area (TPSA) is 54.5 Å². The molecule has 0 saturated heterocycles. The van der Waals surface area contributed by atoms with Crippen LogP contribution in [0.25, 0.3) is 5.69 Å². The number of benzene rings is 1. The molecule has 0 saturated carbocycles. The van der Waals surface area contributed by atoms with E-state index in [0.717, 1.165) is 11.3 Å². The molecule has 0 fully saturated rings. The number of aromatic nitrogens is 3. The van der Waals surface area contributed by atoms with Crippen LogP contribution in [0.2, 0.25) is 0 Å². The molecule has 2 aromatic rings. The minimum absolute atomic E-state index is 0.288. The first kappa shape index (κ1) is 10.7. The summed E-state index contributed by atoms with van der Waals surface area (Å²) in [6, 6.07) is 7.58. The smallest absolute Gasteiger partial charge is 0.152 e. The van der Waals surface area contributed by atoms with E-state index in [1.807, 2.05) is 13.0 Å². The molecule has 16 heavy (non-hydrogen) atoms. The lowest BCUT2D eigenvalue weighted by Gasteiger charge is -2.08. The molecule has 0 unspecified atom stereocenters. The second kappa shape index (κ2) is 4.33. The molecule has 0 atom stereocenters. The van der Waals surface area contributed by atoms with E-state index in [4.69, 9.17) is 16.9 Å². The number of nitrogens with zero attached hydrogens (tertiary/aromatic N) is 4. The van der Waals surface area contributed by atoms with Gasteiger partial charge in [0.25, 0.3) is 0 Å². The second-order valence-electron chi connectivity index (χ2n) is 3.36. The number of hydrogen-bond acceptors (Lipinski definition) is 3. The van der Waals surface area contributed by atoms with E-state index in [9.17, 15) is 0 Å². The van der Waals surface area contributed by atoms with Gasteiger partial charge >= 0.3 is 0 Å². The van der Waals surface area contributed by atoms with Crippen molar-refractivity contribution in [1.29, 1.82) is 5.26 Å². The van der Waals surface area contributed by atoms with Crippen LogP contribution in [0.15, 0.2) is 24.5 Å². The van der Waals surface area contributed by atoms with Crippen LogP contribution in [-0.4, -0.2) is 14.8 Å². The van der Waals surface area contributed by atoms with Crippen LogP contribution in [0.5, 0.6) is 0 Å². The lowest BCUT2D eigenvalue weighted by molar-refractivity contribution is 0.943. The van der Waals surface area contributed by atoms with Crippen molar-refractivity contribution in [2.45, 2.75) is 12.8 Å². The molecule has 0 amide bonds. The predicted molar refractivity (Wildman–Crippen MR) is 60.4 cm³/mol. The summed E-state index contributed by atoms with van der Waals surface area (Å²) in [5.74, 6) is 0.954. The summed E-state index contributed by atoms with van der Waals surface area (Å²) in [5, 5.41) is 16.6. The van der Waals surface area contributed by atoms with Gasteiger partial charge in [-0.05, 0) is 24.6 Å². The molecule has 80 valence electrons. The summed E-state index contributed by atoms with van der Waals surface area (Å²) in [7, 11) is 0. The molecule has 5 heteroatoms. The van der Waals surface area contributed by atoms with Gasteiger partial charge in [0.05, 0.1) is 23.2 Å². The third kappa shape index (κ3) is 1.77. The van der Waals surface area contributed by atoms with Crippen molar-refractivity contribution in [3.63, 3.8) is 0 Å². The Balaban J connectivity index is 2.60. The lowest BCUT2D eigenvalue weighted by atomic mass is 10.1. The van der Waals surface area contributed by atoms with Crippen molar-refractivity contribution in [2.24, 2.45) is 0 Å². The Labute approximate surface area is 98.1 Å². The van der Waals surface area contributed by atoms with Crippen molar-refractivity contribution in [3.05, 3.63) is 41.5 Å². The van der Waals surface area contributed by atoms with E-state index in [1.165, 1.54) is 0 Å². The Morgan fingerprint density at radius 2 is 2.31 bits per heavy atom. The van der Waals surface area contributed by atoms with E-state index in [-0.39, 0.29) is 5.88 Å². The monoisotopic (exact) mass is 232 g/mol. The average Bonchev–Trinajstić information content (AvgIpc) is 2.77. The van der Waals surface area contributed by atoms with E-state index in [0.29, 0.717) is 11.4 Å². The largest absolute Gasteiger partial charge is 0.284 e. The van der Waals surface area contributed by atoms with Crippen LogP contribution in [0, 0.1) is 18.3 Å². The van der Waals surface area contributed by atoms with Crippen molar-refractivity contribution in [3.8, 4) is 11.8 Å². The Hall–Kier alpha value is -1.86. The zero-order valence-electron chi connectivity index (χ0n) is 8.68. The van der Waals surface area contributed by atoms with Crippen LogP contribution in [0.4, 0.5) is 0 Å². The highest BCUT2D eigenvalue weighted by Crippen LogP contribution is 2.17. The number of halogens is 1. The first-order chi connectivity index (χ1) is 7.76. The average molecular weight is 233 g/mol. The zero-order valence-corrected chi connectivity index (χ0v) is 9.44. The highest BCUT2D eigenvalue weighted by molar-refractivity contribution is 6.16. The molecule has 1 aromatic heterocycles. The summed E-state index contributed by atoms with van der Waals surface area (Å²) in [5.41, 5.74) is 2.54. The molecule has 2 rings (SSSR count). The van der Waals surface area contributed by atoms with Gasteiger partial charge in [-0.25, -0.2) is 0 Å². The molecule has 1 heterocycles. The molecule has 0 N–H and O–H groups in total. The standard InChI is InChI=1S/C11H9ClN4/c1-8-2-3-9(6-13)4-10(8)16-7-14-15-11(16)5-12/h2-4,7H,5H2,1H3. The SMILES string of the molecule is Cc1ccc(C#N)cc1-n1cnnc1CCl. The summed E-state index contributed by atoms with van der Waals surface area (Å²) in [6.07, 6.45) is 1.60. The van der Waals surface area contributed by atoms with E-state index in [2.05, 4.69) is 16.3 Å². The van der Waals surface area contributed by atoms with Crippen molar-refractivity contribution < 1.29 is 0 Å². The van der Waals surface area contributed by atoms with Gasteiger partial charge in [-0.1, -0.05) is 6.07 Å². The number of nitriles is 1. The fourth-order valence-corrected chi connectivity index (χ4v) is 1.67. The molecule has 0 aliphatic carbocycles. The van der Waals surface area contributed by atoms with Gasteiger partial charge in [-0.2, -0.15) is 5.26 Å². The second-order valence-corrected chi connectivity index (χ2v) is 3.63. The van der Waals surface area contributed by atoms with Crippen molar-refractivity contribution in [2.75, 3.05) is 0 Å². The van der Waals surface area contributed by atoms with Crippen LogP contribution in [0.3, 0.4) is 0 Å². The van der Waals surface area contributed by atoms with Crippen LogP contribution >= 0.6 is 11.6 Å². The summed E-state index contributed by atoms with van der Waals surface area (Å²) >= 11 is 5.76. The maximum atomic E-state index is 8.86. The Kier molecular flexibility index (Phi) is 2.88. The zero-order chi connectivity index (χ0) is 11.5. The fourth-order valence-electron chi connectivity index (χ4n) is 1.49. The van der Waals surface area contributed by atoms with Gasteiger partial charge in [-0.15, -0.1) is 21.8 Å². The molecule has 0 spiro atoms. The van der Waals surface area contributed by atoms with Crippen molar-refractivity contribution >= 4 is 11.6 Å². The van der Waals surface area contributed by atoms with Crippen LogP contribution in [-0.2, 0) is 5.88 Å². The van der Waals surface area contributed by atoms with Gasteiger partial charge < -0.3 is 0 Å². The quantitative estimate of drug-likeness (QED) is 0.746. The molecule has 0 aliphatic rings. The molecular formula is C11H9ClN4. The third-order valence-electron chi connectivity index (χ3n) is 2.34. The highest BCUT2D eigenvalue weighted by atomic mass is 35.5. The molecule has 0 aliphatic heterocycles. The first-order valence-corrected chi connectivity index (χ1v) is 5.25. The molecule has 0 radical (unpaired) electrons. The predicted octanol–water partition coefficient (Wildman–Crippen LogP) is 2.19. The summed E-state index contributed by atoms with van der Waals surface area (Å²) in [4.78, 5) is 0. The molecule has 4 nitrogen and oxygen atoms in total. The third-order valence-corrected chi connectivity index (χ3v) is 2.57. The molecular weight excluding hydrogens is 224 g/mol. The first-order valence-electron chi connectivity index (χ1n) is 4.72. The Bertz CT molecular complexity index is 553. The maximum absolute atomic E-state index is 8.86. The van der Waals surface area contributed by atoms with Crippen molar-refractivity contribution in [1.82, 2.24) is 14.8 Å². The maximum Gasteiger partial charge on any atom is 0.152 e. The Morgan fingerprint density at radius 3 is 3.00 bits per heavy atom. The fraction of sp³-hybridized carbons (Fsp3) is 0.182. The van der Waals surface area contributed by atoms with Gasteiger partial charge in [0.2, 0.25) is 0 Å². The van der Waals surface area contributed by atoms with Gasteiger partial charge in [0, 0.05) is 0 Å². The normalized spacial score (nSPS) is 10.1. The number of aryl methyl sites for hydroxylation is 1. The number of alkyl halides is 1. The summed E-state index contributed by atoms with van der Waals surface area (Å²) in [6.45, 7) is 1.97. The highest BCUT2D eigenvalue weighted by Gasteiger charge is 2.08. The number of rotatable bonds is 2. The van der Waals surface area contributed by atoms with Crippen LogP contribution < -0.4 is 0 Å². The minimum atomic E-state index is 0.288. The van der Waals surface area contributed by atoms with E-state index >= 15 is 0 Å². The lowest BCUT2D eigenvalue weighted by Crippen LogP contribution is -2.00. The van der Waals surface area contributed by atoms with Gasteiger partial charge in [0.1, 0.15) is 6.33 Å². The van der Waals surface area contributed by atoms with Gasteiger partial charge in [0.15, 0.2) is 5.82 Å². The van der Waals surface area contributed by atoms with E-state index in [1.54, 1.807) is 23.0 Å².